The molecule has 24 heavy (non-hydrogen) atoms. The number of para-hydroxylation sites is 1. The summed E-state index contributed by atoms with van der Waals surface area (Å²) in [4.78, 5) is 23.3. The zero-order chi connectivity index (χ0) is 17.5. The van der Waals surface area contributed by atoms with Gasteiger partial charge in [-0.2, -0.15) is 0 Å². The lowest BCUT2D eigenvalue weighted by molar-refractivity contribution is -0.149. The standard InChI is InChI=1S/C17H15ClFNO4/c1-11-4-2-3-5-15(11)23-10-17(22)24-9-16(21)20-14-8-12(18)6-7-13(14)19/h2-8H,9-10H2,1H3,(H,20,21). The van der Waals surface area contributed by atoms with Crippen LogP contribution < -0.4 is 10.1 Å². The third-order valence-electron chi connectivity index (χ3n) is 3.01. The Balaban J connectivity index is 1.78. The maximum Gasteiger partial charge on any atom is 0.344 e. The Morgan fingerprint density at radius 1 is 1.17 bits per heavy atom. The fourth-order valence-electron chi connectivity index (χ4n) is 1.82. The highest BCUT2D eigenvalue weighted by Gasteiger charge is 2.11. The largest absolute Gasteiger partial charge is 0.482 e. The molecule has 0 spiro atoms. The van der Waals surface area contributed by atoms with Crippen LogP contribution in [0.15, 0.2) is 42.5 Å². The first-order chi connectivity index (χ1) is 11.5. The Morgan fingerprint density at radius 3 is 2.67 bits per heavy atom. The van der Waals surface area contributed by atoms with Crippen LogP contribution in [0.1, 0.15) is 5.56 Å². The number of amides is 1. The third-order valence-corrected chi connectivity index (χ3v) is 3.24. The molecule has 0 aliphatic rings. The quantitative estimate of drug-likeness (QED) is 0.811. The van der Waals surface area contributed by atoms with E-state index in [-0.39, 0.29) is 17.3 Å². The molecular formula is C17H15ClFNO4. The van der Waals surface area contributed by atoms with Crippen molar-refractivity contribution in [2.45, 2.75) is 6.92 Å². The van der Waals surface area contributed by atoms with Gasteiger partial charge in [-0.05, 0) is 36.8 Å². The van der Waals surface area contributed by atoms with E-state index in [1.165, 1.54) is 12.1 Å². The van der Waals surface area contributed by atoms with Crippen molar-refractivity contribution in [3.63, 3.8) is 0 Å². The summed E-state index contributed by atoms with van der Waals surface area (Å²) in [5.41, 5.74) is 0.791. The average Bonchev–Trinajstić information content (AvgIpc) is 2.55. The highest BCUT2D eigenvalue weighted by Crippen LogP contribution is 2.19. The van der Waals surface area contributed by atoms with Crippen molar-refractivity contribution >= 4 is 29.2 Å². The zero-order valence-electron chi connectivity index (χ0n) is 12.8. The summed E-state index contributed by atoms with van der Waals surface area (Å²) < 4.78 is 23.6. The van der Waals surface area contributed by atoms with Crippen molar-refractivity contribution in [1.82, 2.24) is 0 Å². The van der Waals surface area contributed by atoms with Gasteiger partial charge in [0.25, 0.3) is 5.91 Å². The van der Waals surface area contributed by atoms with Gasteiger partial charge >= 0.3 is 5.97 Å². The molecule has 0 saturated carbocycles. The van der Waals surface area contributed by atoms with Crippen LogP contribution in [0, 0.1) is 12.7 Å². The maximum atomic E-state index is 13.5. The Kier molecular flexibility index (Phi) is 6.14. The lowest BCUT2D eigenvalue weighted by atomic mass is 10.2. The molecule has 0 aliphatic carbocycles. The monoisotopic (exact) mass is 351 g/mol. The van der Waals surface area contributed by atoms with Gasteiger partial charge in [-0.1, -0.05) is 29.8 Å². The lowest BCUT2D eigenvalue weighted by Gasteiger charge is -2.09. The molecule has 0 radical (unpaired) electrons. The van der Waals surface area contributed by atoms with Gasteiger partial charge in [0.05, 0.1) is 5.69 Å². The molecule has 0 saturated heterocycles. The minimum Gasteiger partial charge on any atom is -0.482 e. The number of hydrogen-bond acceptors (Lipinski definition) is 4. The van der Waals surface area contributed by atoms with Crippen LogP contribution >= 0.6 is 11.6 Å². The molecule has 2 aromatic rings. The van der Waals surface area contributed by atoms with Crippen LogP contribution in [-0.2, 0) is 14.3 Å². The van der Waals surface area contributed by atoms with Crippen molar-refractivity contribution < 1.29 is 23.5 Å². The molecule has 0 heterocycles. The molecule has 1 amide bonds. The van der Waals surface area contributed by atoms with Gasteiger partial charge in [0, 0.05) is 5.02 Å². The van der Waals surface area contributed by atoms with Gasteiger partial charge in [0.15, 0.2) is 13.2 Å². The summed E-state index contributed by atoms with van der Waals surface area (Å²) in [6, 6.07) is 10.9. The molecule has 0 aliphatic heterocycles. The molecule has 0 unspecified atom stereocenters. The fourth-order valence-corrected chi connectivity index (χ4v) is 1.99. The van der Waals surface area contributed by atoms with Crippen molar-refractivity contribution in [1.29, 1.82) is 0 Å². The normalized spacial score (nSPS) is 10.1. The maximum absolute atomic E-state index is 13.5. The molecule has 2 aromatic carbocycles. The lowest BCUT2D eigenvalue weighted by Crippen LogP contribution is -2.24. The number of benzene rings is 2. The van der Waals surface area contributed by atoms with Crippen LogP contribution in [0.3, 0.4) is 0 Å². The van der Waals surface area contributed by atoms with Crippen LogP contribution in [0.2, 0.25) is 5.02 Å². The predicted molar refractivity (Wildman–Crippen MR) is 87.7 cm³/mol. The second kappa shape index (κ2) is 8.31. The zero-order valence-corrected chi connectivity index (χ0v) is 13.6. The number of rotatable bonds is 6. The van der Waals surface area contributed by atoms with Crippen molar-refractivity contribution in [3.05, 3.63) is 58.9 Å². The molecule has 5 nitrogen and oxygen atoms in total. The number of ether oxygens (including phenoxy) is 2. The minimum atomic E-state index is -0.708. The number of nitrogens with one attached hydrogen (secondary N) is 1. The first-order valence-electron chi connectivity index (χ1n) is 7.04. The van der Waals surface area contributed by atoms with Gasteiger partial charge in [0.1, 0.15) is 11.6 Å². The van der Waals surface area contributed by atoms with Crippen LogP contribution in [0.5, 0.6) is 5.75 Å². The number of carbonyl (C=O) groups excluding carboxylic acids is 2. The summed E-state index contributed by atoms with van der Waals surface area (Å²) in [7, 11) is 0. The number of carbonyl (C=O) groups is 2. The minimum absolute atomic E-state index is 0.0836. The summed E-state index contributed by atoms with van der Waals surface area (Å²) in [5.74, 6) is -1.47. The number of esters is 1. The van der Waals surface area contributed by atoms with Gasteiger partial charge in [-0.15, -0.1) is 0 Å². The number of anilines is 1. The second-order valence-electron chi connectivity index (χ2n) is 4.89. The Morgan fingerprint density at radius 2 is 1.92 bits per heavy atom. The average molecular weight is 352 g/mol. The van der Waals surface area contributed by atoms with E-state index in [1.54, 1.807) is 12.1 Å². The topological polar surface area (TPSA) is 64.6 Å². The smallest absolute Gasteiger partial charge is 0.344 e. The van der Waals surface area contributed by atoms with Crippen molar-refractivity contribution in [3.8, 4) is 5.75 Å². The SMILES string of the molecule is Cc1ccccc1OCC(=O)OCC(=O)Nc1cc(Cl)ccc1F. The van der Waals surface area contributed by atoms with Crippen molar-refractivity contribution in [2.24, 2.45) is 0 Å². The van der Waals surface area contributed by atoms with Gasteiger partial charge in [-0.3, -0.25) is 4.79 Å². The summed E-state index contributed by atoms with van der Waals surface area (Å²) >= 11 is 5.72. The first-order valence-corrected chi connectivity index (χ1v) is 7.42. The van der Waals surface area contributed by atoms with Gasteiger partial charge in [-0.25, -0.2) is 9.18 Å². The highest BCUT2D eigenvalue weighted by molar-refractivity contribution is 6.30. The van der Waals surface area contributed by atoms with E-state index in [0.29, 0.717) is 5.75 Å². The Labute approximate surface area is 143 Å². The number of hydrogen-bond donors (Lipinski definition) is 1. The molecule has 1 N–H and O–H groups in total. The van der Waals surface area contributed by atoms with Crippen LogP contribution in [0.25, 0.3) is 0 Å². The van der Waals surface area contributed by atoms with Crippen LogP contribution in [0.4, 0.5) is 10.1 Å². The van der Waals surface area contributed by atoms with Crippen LogP contribution in [-0.4, -0.2) is 25.1 Å². The Hall–Kier alpha value is -2.60. The van der Waals surface area contributed by atoms with E-state index in [4.69, 9.17) is 21.1 Å². The number of halogens is 2. The molecule has 0 fully saturated rings. The van der Waals surface area contributed by atoms with E-state index < -0.39 is 24.3 Å². The van der Waals surface area contributed by atoms with E-state index in [2.05, 4.69) is 5.32 Å². The van der Waals surface area contributed by atoms with E-state index in [0.717, 1.165) is 11.6 Å². The molecule has 7 heteroatoms. The van der Waals surface area contributed by atoms with E-state index in [1.807, 2.05) is 19.1 Å². The first kappa shape index (κ1) is 17.7. The predicted octanol–water partition coefficient (Wildman–Crippen LogP) is 3.35. The summed E-state index contributed by atoms with van der Waals surface area (Å²) in [5, 5.41) is 2.55. The van der Waals surface area contributed by atoms with Gasteiger partial charge in [0.2, 0.25) is 0 Å². The second-order valence-corrected chi connectivity index (χ2v) is 5.32. The third kappa shape index (κ3) is 5.24. The van der Waals surface area contributed by atoms with E-state index >= 15 is 0 Å². The Bertz CT molecular complexity index is 751. The van der Waals surface area contributed by atoms with Crippen molar-refractivity contribution in [2.75, 3.05) is 18.5 Å². The molecule has 0 atom stereocenters. The van der Waals surface area contributed by atoms with Gasteiger partial charge < -0.3 is 14.8 Å². The molecule has 0 aromatic heterocycles. The summed E-state index contributed by atoms with van der Waals surface area (Å²) in [6.45, 7) is 0.958. The fraction of sp³-hybridized carbons (Fsp3) is 0.176. The molecule has 2 rings (SSSR count). The number of aryl methyl sites for hydroxylation is 1. The summed E-state index contributed by atoms with van der Waals surface area (Å²) in [6.07, 6.45) is 0. The highest BCUT2D eigenvalue weighted by atomic mass is 35.5. The molecule has 126 valence electrons. The molecule has 0 bridgehead atoms. The van der Waals surface area contributed by atoms with E-state index in [9.17, 15) is 14.0 Å². The molecular weight excluding hydrogens is 337 g/mol.